The van der Waals surface area contributed by atoms with E-state index >= 15 is 0 Å². The fourth-order valence-corrected chi connectivity index (χ4v) is 3.02. The molecule has 1 amide bonds. The average molecular weight is 359 g/mol. The lowest BCUT2D eigenvalue weighted by atomic mass is 9.95. The number of aryl methyl sites for hydroxylation is 1. The van der Waals surface area contributed by atoms with Gasteiger partial charge in [-0.25, -0.2) is 4.98 Å². The Morgan fingerprint density at radius 3 is 2.87 bits per heavy atom. The van der Waals surface area contributed by atoms with Gasteiger partial charge in [-0.1, -0.05) is 19.1 Å². The summed E-state index contributed by atoms with van der Waals surface area (Å²) >= 11 is 0. The second-order valence-electron chi connectivity index (χ2n) is 5.88. The van der Waals surface area contributed by atoms with Gasteiger partial charge in [0.2, 0.25) is 5.91 Å². The number of aromatic nitrogens is 2. The van der Waals surface area contributed by atoms with Gasteiger partial charge in [0.05, 0.1) is 11.0 Å². The van der Waals surface area contributed by atoms with E-state index < -0.39 is 0 Å². The fourth-order valence-electron chi connectivity index (χ4n) is 3.02. The van der Waals surface area contributed by atoms with Gasteiger partial charge >= 0.3 is 0 Å². The van der Waals surface area contributed by atoms with Crippen molar-refractivity contribution in [3.8, 4) is 0 Å². The molecule has 1 aromatic carbocycles. The maximum Gasteiger partial charge on any atom is 0.240 e. The van der Waals surface area contributed by atoms with E-state index in [1.54, 1.807) is 0 Å². The molecule has 2 heterocycles. The minimum Gasteiger partial charge on any atom is -0.351 e. The highest BCUT2D eigenvalue weighted by molar-refractivity contribution is 5.85. The molecular weight excluding hydrogens is 335 g/mol. The van der Waals surface area contributed by atoms with Crippen molar-refractivity contribution in [3.63, 3.8) is 0 Å². The Balaban J connectivity index is 0.00000132. The summed E-state index contributed by atoms with van der Waals surface area (Å²) < 4.78 is 1.98. The van der Waals surface area contributed by atoms with Crippen molar-refractivity contribution in [2.45, 2.75) is 32.9 Å². The van der Waals surface area contributed by atoms with Crippen LogP contribution in [0.2, 0.25) is 0 Å². The Morgan fingerprint density at radius 2 is 2.13 bits per heavy atom. The average Bonchev–Trinajstić information content (AvgIpc) is 2.78. The van der Waals surface area contributed by atoms with Gasteiger partial charge in [0, 0.05) is 6.04 Å². The lowest BCUT2D eigenvalue weighted by molar-refractivity contribution is -0.122. The van der Waals surface area contributed by atoms with Crippen molar-refractivity contribution < 1.29 is 4.79 Å². The predicted molar refractivity (Wildman–Crippen MR) is 97.5 cm³/mol. The lowest BCUT2D eigenvalue weighted by Gasteiger charge is -2.30. The van der Waals surface area contributed by atoms with Gasteiger partial charge in [-0.05, 0) is 44.5 Å². The van der Waals surface area contributed by atoms with Crippen LogP contribution in [0.25, 0.3) is 11.0 Å². The molecule has 1 aliphatic heterocycles. The van der Waals surface area contributed by atoms with Crippen molar-refractivity contribution in [3.05, 3.63) is 30.1 Å². The van der Waals surface area contributed by atoms with E-state index in [-0.39, 0.29) is 36.8 Å². The summed E-state index contributed by atoms with van der Waals surface area (Å²) in [7, 11) is 0. The number of hydrogen-bond donors (Lipinski definition) is 2. The predicted octanol–water partition coefficient (Wildman–Crippen LogP) is 2.30. The first-order chi connectivity index (χ1) is 10.1. The third-order valence-corrected chi connectivity index (χ3v) is 4.28. The van der Waals surface area contributed by atoms with Gasteiger partial charge in [-0.3, -0.25) is 4.79 Å². The molecule has 3 rings (SSSR count). The van der Waals surface area contributed by atoms with E-state index in [0.29, 0.717) is 12.5 Å². The summed E-state index contributed by atoms with van der Waals surface area (Å²) in [5.74, 6) is 1.42. The van der Waals surface area contributed by atoms with Crippen LogP contribution in [0.1, 0.15) is 19.2 Å². The molecule has 0 saturated carbocycles. The van der Waals surface area contributed by atoms with Gasteiger partial charge in [0.1, 0.15) is 12.4 Å². The SMILES string of the molecule is Cc1nc2ccccc2n1CC(=O)NC1CCNCC1C.Cl.Cl. The molecule has 0 radical (unpaired) electrons. The summed E-state index contributed by atoms with van der Waals surface area (Å²) in [5, 5.41) is 6.52. The van der Waals surface area contributed by atoms with Crippen molar-refractivity contribution in [1.82, 2.24) is 20.2 Å². The molecule has 2 unspecified atom stereocenters. The first-order valence-electron chi connectivity index (χ1n) is 7.57. The molecule has 128 valence electrons. The van der Waals surface area contributed by atoms with Crippen molar-refractivity contribution in [1.29, 1.82) is 0 Å². The van der Waals surface area contributed by atoms with Crippen LogP contribution in [0, 0.1) is 12.8 Å². The molecule has 1 aromatic heterocycles. The number of benzene rings is 1. The van der Waals surface area contributed by atoms with E-state index in [1.165, 1.54) is 0 Å². The Hall–Kier alpha value is -1.30. The molecule has 0 spiro atoms. The maximum atomic E-state index is 12.3. The quantitative estimate of drug-likeness (QED) is 0.884. The molecule has 2 aromatic rings. The summed E-state index contributed by atoms with van der Waals surface area (Å²) in [6.45, 7) is 6.40. The van der Waals surface area contributed by atoms with Crippen LogP contribution in [-0.4, -0.2) is 34.6 Å². The van der Waals surface area contributed by atoms with Crippen LogP contribution < -0.4 is 10.6 Å². The van der Waals surface area contributed by atoms with Crippen LogP contribution in [0.15, 0.2) is 24.3 Å². The Kier molecular flexibility index (Phi) is 7.32. The number of nitrogens with zero attached hydrogens (tertiary/aromatic N) is 2. The first kappa shape index (κ1) is 19.7. The summed E-state index contributed by atoms with van der Waals surface area (Å²) in [5.41, 5.74) is 1.96. The summed E-state index contributed by atoms with van der Waals surface area (Å²) in [4.78, 5) is 16.8. The van der Waals surface area contributed by atoms with Gasteiger partial charge < -0.3 is 15.2 Å². The van der Waals surface area contributed by atoms with Crippen molar-refractivity contribution >= 4 is 41.8 Å². The number of nitrogens with one attached hydrogen (secondary N) is 2. The molecule has 1 saturated heterocycles. The molecule has 7 heteroatoms. The Bertz CT molecular complexity index is 659. The fraction of sp³-hybridized carbons (Fsp3) is 0.500. The van der Waals surface area contributed by atoms with Crippen LogP contribution >= 0.6 is 24.8 Å². The number of hydrogen-bond acceptors (Lipinski definition) is 3. The number of carbonyl (C=O) groups excluding carboxylic acids is 1. The molecule has 2 atom stereocenters. The normalized spacial score (nSPS) is 20.4. The highest BCUT2D eigenvalue weighted by atomic mass is 35.5. The Labute approximate surface area is 149 Å². The van der Waals surface area contributed by atoms with Crippen LogP contribution in [0.5, 0.6) is 0 Å². The van der Waals surface area contributed by atoms with E-state index in [0.717, 1.165) is 36.4 Å². The van der Waals surface area contributed by atoms with E-state index in [1.807, 2.05) is 35.8 Å². The highest BCUT2D eigenvalue weighted by Gasteiger charge is 2.23. The molecular formula is C16H24Cl2N4O. The standard InChI is InChI=1S/C16H22N4O.2ClH/c1-11-9-17-8-7-13(11)19-16(21)10-20-12(2)18-14-5-3-4-6-15(14)20;;/h3-6,11,13,17H,7-10H2,1-2H3,(H,19,21);2*1H. The largest absolute Gasteiger partial charge is 0.351 e. The van der Waals surface area contributed by atoms with E-state index in [9.17, 15) is 4.79 Å². The Morgan fingerprint density at radius 1 is 1.39 bits per heavy atom. The van der Waals surface area contributed by atoms with Crippen LogP contribution in [0.4, 0.5) is 0 Å². The number of imidazole rings is 1. The second kappa shape index (κ2) is 8.52. The zero-order valence-corrected chi connectivity index (χ0v) is 15.0. The minimum absolute atomic E-state index is 0. The van der Waals surface area contributed by atoms with E-state index in [2.05, 4.69) is 22.5 Å². The van der Waals surface area contributed by atoms with Gasteiger partial charge in [0.25, 0.3) is 0 Å². The summed E-state index contributed by atoms with van der Waals surface area (Å²) in [6, 6.07) is 8.21. The number of rotatable bonds is 3. The number of amides is 1. The zero-order valence-electron chi connectivity index (χ0n) is 13.4. The number of halogens is 2. The molecule has 1 aliphatic rings. The van der Waals surface area contributed by atoms with Gasteiger partial charge in [-0.15, -0.1) is 24.8 Å². The maximum absolute atomic E-state index is 12.3. The van der Waals surface area contributed by atoms with Gasteiger partial charge in [-0.2, -0.15) is 0 Å². The van der Waals surface area contributed by atoms with Crippen LogP contribution in [0.3, 0.4) is 0 Å². The molecule has 2 N–H and O–H groups in total. The topological polar surface area (TPSA) is 59.0 Å². The third kappa shape index (κ3) is 4.37. The van der Waals surface area contributed by atoms with E-state index in [4.69, 9.17) is 0 Å². The first-order valence-corrected chi connectivity index (χ1v) is 7.57. The molecule has 23 heavy (non-hydrogen) atoms. The lowest BCUT2D eigenvalue weighted by Crippen LogP contribution is -2.49. The summed E-state index contributed by atoms with van der Waals surface area (Å²) in [6.07, 6.45) is 0.997. The molecule has 5 nitrogen and oxygen atoms in total. The minimum atomic E-state index is 0. The highest BCUT2D eigenvalue weighted by Crippen LogP contribution is 2.15. The number of fused-ring (bicyclic) bond motifs is 1. The molecule has 1 fully saturated rings. The molecule has 0 bridgehead atoms. The smallest absolute Gasteiger partial charge is 0.240 e. The number of piperidine rings is 1. The van der Waals surface area contributed by atoms with Crippen LogP contribution in [-0.2, 0) is 11.3 Å². The zero-order chi connectivity index (χ0) is 14.8. The van der Waals surface area contributed by atoms with Crippen molar-refractivity contribution in [2.75, 3.05) is 13.1 Å². The second-order valence-corrected chi connectivity index (χ2v) is 5.88. The van der Waals surface area contributed by atoms with Gasteiger partial charge in [0.15, 0.2) is 0 Å². The third-order valence-electron chi connectivity index (χ3n) is 4.28. The number of carbonyl (C=O) groups is 1. The van der Waals surface area contributed by atoms with Crippen molar-refractivity contribution in [2.24, 2.45) is 5.92 Å². The molecule has 0 aliphatic carbocycles. The monoisotopic (exact) mass is 358 g/mol. The number of para-hydroxylation sites is 2.